The van der Waals surface area contributed by atoms with Crippen molar-refractivity contribution < 1.29 is 13.9 Å². The van der Waals surface area contributed by atoms with E-state index in [0.29, 0.717) is 12.2 Å². The molecule has 0 fully saturated rings. The average Bonchev–Trinajstić information content (AvgIpc) is 2.40. The number of ether oxygens (including phenoxy) is 1. The maximum absolute atomic E-state index is 14.1. The molecule has 1 atom stereocenters. The number of methoxy groups -OCH3 is 1. The van der Waals surface area contributed by atoms with Crippen LogP contribution in [0.25, 0.3) is 0 Å². The summed E-state index contributed by atoms with van der Waals surface area (Å²) in [5.41, 5.74) is 0.553. The van der Waals surface area contributed by atoms with Crippen molar-refractivity contribution in [2.24, 2.45) is 5.92 Å². The standard InChI is InChI=1S/C13H14BrFN2O2/c1-8(13(18)19-3)7-17(2)10-5-4-9(6-16)11(14)12(10)15/h4-5,8H,7H2,1-3H3. The molecule has 102 valence electrons. The number of anilines is 1. The van der Waals surface area contributed by atoms with Crippen LogP contribution in [0.15, 0.2) is 16.6 Å². The van der Waals surface area contributed by atoms with Crippen molar-refractivity contribution in [3.8, 4) is 6.07 Å². The number of benzene rings is 1. The highest BCUT2D eigenvalue weighted by Gasteiger charge is 2.19. The van der Waals surface area contributed by atoms with Gasteiger partial charge in [0.25, 0.3) is 0 Å². The Morgan fingerprint density at radius 1 is 1.63 bits per heavy atom. The monoisotopic (exact) mass is 328 g/mol. The molecule has 0 aliphatic carbocycles. The molecular weight excluding hydrogens is 315 g/mol. The van der Waals surface area contributed by atoms with Gasteiger partial charge in [-0.25, -0.2) is 4.39 Å². The molecule has 1 aromatic rings. The van der Waals surface area contributed by atoms with Crippen molar-refractivity contribution in [1.82, 2.24) is 0 Å². The molecule has 6 heteroatoms. The number of hydrogen-bond donors (Lipinski definition) is 0. The zero-order chi connectivity index (χ0) is 14.6. The molecular formula is C13H14BrFN2O2. The summed E-state index contributed by atoms with van der Waals surface area (Å²) < 4.78 is 18.8. The third-order valence-corrected chi connectivity index (χ3v) is 3.52. The van der Waals surface area contributed by atoms with Gasteiger partial charge in [-0.3, -0.25) is 4.79 Å². The van der Waals surface area contributed by atoms with Gasteiger partial charge in [0.15, 0.2) is 5.82 Å². The SMILES string of the molecule is COC(=O)C(C)CN(C)c1ccc(C#N)c(Br)c1F. The van der Waals surface area contributed by atoms with Crippen molar-refractivity contribution in [3.63, 3.8) is 0 Å². The lowest BCUT2D eigenvalue weighted by Crippen LogP contribution is -2.29. The van der Waals surface area contributed by atoms with Gasteiger partial charge in [-0.1, -0.05) is 6.92 Å². The fourth-order valence-corrected chi connectivity index (χ4v) is 2.13. The number of nitrogens with zero attached hydrogens (tertiary/aromatic N) is 2. The predicted octanol–water partition coefficient (Wildman–Crippen LogP) is 2.71. The Morgan fingerprint density at radius 3 is 2.79 bits per heavy atom. The second-order valence-electron chi connectivity index (χ2n) is 4.18. The molecule has 0 N–H and O–H groups in total. The normalized spacial score (nSPS) is 11.6. The van der Waals surface area contributed by atoms with E-state index >= 15 is 0 Å². The number of esters is 1. The molecule has 0 spiro atoms. The molecule has 1 unspecified atom stereocenters. The Kier molecular flexibility index (Phi) is 5.31. The summed E-state index contributed by atoms with van der Waals surface area (Å²) in [5, 5.41) is 8.80. The molecule has 0 amide bonds. The van der Waals surface area contributed by atoms with Crippen LogP contribution < -0.4 is 4.90 Å². The van der Waals surface area contributed by atoms with Crippen molar-refractivity contribution in [2.45, 2.75) is 6.92 Å². The number of carbonyl (C=O) groups is 1. The second kappa shape index (κ2) is 6.53. The van der Waals surface area contributed by atoms with Gasteiger partial charge < -0.3 is 9.64 Å². The molecule has 0 saturated heterocycles. The lowest BCUT2D eigenvalue weighted by molar-refractivity contribution is -0.144. The number of nitriles is 1. The van der Waals surface area contributed by atoms with Gasteiger partial charge in [-0.05, 0) is 28.1 Å². The van der Waals surface area contributed by atoms with Gasteiger partial charge in [0.05, 0.1) is 28.8 Å². The largest absolute Gasteiger partial charge is 0.469 e. The van der Waals surface area contributed by atoms with E-state index in [1.54, 1.807) is 18.9 Å². The van der Waals surface area contributed by atoms with Crippen LogP contribution in [-0.4, -0.2) is 26.7 Å². The van der Waals surface area contributed by atoms with Crippen LogP contribution >= 0.6 is 15.9 Å². The molecule has 1 rings (SSSR count). The van der Waals surface area contributed by atoms with Crippen molar-refractivity contribution >= 4 is 27.6 Å². The fourth-order valence-electron chi connectivity index (χ4n) is 1.71. The van der Waals surface area contributed by atoms with Crippen molar-refractivity contribution in [1.29, 1.82) is 5.26 Å². The van der Waals surface area contributed by atoms with E-state index in [-0.39, 0.29) is 21.9 Å². The molecule has 19 heavy (non-hydrogen) atoms. The molecule has 1 aromatic carbocycles. The fraction of sp³-hybridized carbons (Fsp3) is 0.385. The number of rotatable bonds is 4. The van der Waals surface area contributed by atoms with Crippen LogP contribution in [0.3, 0.4) is 0 Å². The zero-order valence-electron chi connectivity index (χ0n) is 10.9. The van der Waals surface area contributed by atoms with E-state index in [1.807, 2.05) is 6.07 Å². The van der Waals surface area contributed by atoms with Crippen LogP contribution in [0.5, 0.6) is 0 Å². The second-order valence-corrected chi connectivity index (χ2v) is 4.97. The minimum atomic E-state index is -0.515. The quantitative estimate of drug-likeness (QED) is 0.797. The predicted molar refractivity (Wildman–Crippen MR) is 73.3 cm³/mol. The lowest BCUT2D eigenvalue weighted by atomic mass is 10.1. The Bertz CT molecular complexity index is 528. The van der Waals surface area contributed by atoms with E-state index in [1.165, 1.54) is 19.2 Å². The Balaban J connectivity index is 2.96. The van der Waals surface area contributed by atoms with Crippen LogP contribution in [0.2, 0.25) is 0 Å². The highest BCUT2D eigenvalue weighted by atomic mass is 79.9. The first-order chi connectivity index (χ1) is 8.92. The Hall–Kier alpha value is -1.61. The van der Waals surface area contributed by atoms with E-state index in [2.05, 4.69) is 20.7 Å². The van der Waals surface area contributed by atoms with Gasteiger partial charge >= 0.3 is 5.97 Å². The summed E-state index contributed by atoms with van der Waals surface area (Å²) in [5.74, 6) is -1.23. The number of hydrogen-bond acceptors (Lipinski definition) is 4. The summed E-state index contributed by atoms with van der Waals surface area (Å²) in [6.45, 7) is 2.03. The highest BCUT2D eigenvalue weighted by molar-refractivity contribution is 9.10. The molecule has 0 aliphatic heterocycles. The topological polar surface area (TPSA) is 53.3 Å². The first kappa shape index (κ1) is 15.4. The van der Waals surface area contributed by atoms with Gasteiger partial charge in [0, 0.05) is 13.6 Å². The van der Waals surface area contributed by atoms with Crippen LogP contribution in [0.4, 0.5) is 10.1 Å². The van der Waals surface area contributed by atoms with E-state index in [9.17, 15) is 9.18 Å². The molecule has 4 nitrogen and oxygen atoms in total. The number of carbonyl (C=O) groups excluding carboxylic acids is 1. The van der Waals surface area contributed by atoms with Gasteiger partial charge in [-0.2, -0.15) is 5.26 Å². The van der Waals surface area contributed by atoms with E-state index in [0.717, 1.165) is 0 Å². The highest BCUT2D eigenvalue weighted by Crippen LogP contribution is 2.28. The smallest absolute Gasteiger partial charge is 0.310 e. The third-order valence-electron chi connectivity index (χ3n) is 2.74. The van der Waals surface area contributed by atoms with E-state index in [4.69, 9.17) is 5.26 Å². The summed E-state index contributed by atoms with van der Waals surface area (Å²) in [4.78, 5) is 12.9. The molecule has 0 bridgehead atoms. The van der Waals surface area contributed by atoms with Crippen molar-refractivity contribution in [2.75, 3.05) is 25.6 Å². The molecule has 0 saturated carbocycles. The van der Waals surface area contributed by atoms with Gasteiger partial charge in [-0.15, -0.1) is 0 Å². The summed E-state index contributed by atoms with van der Waals surface area (Å²) in [6.07, 6.45) is 0. The van der Waals surface area contributed by atoms with Crippen molar-refractivity contribution in [3.05, 3.63) is 28.0 Å². The van der Waals surface area contributed by atoms with Gasteiger partial charge in [0.1, 0.15) is 6.07 Å². The zero-order valence-corrected chi connectivity index (χ0v) is 12.5. The average molecular weight is 329 g/mol. The van der Waals surface area contributed by atoms with Gasteiger partial charge in [0.2, 0.25) is 0 Å². The first-order valence-corrected chi connectivity index (χ1v) is 6.38. The maximum Gasteiger partial charge on any atom is 0.310 e. The van der Waals surface area contributed by atoms with Crippen LogP contribution in [0.1, 0.15) is 12.5 Å². The van der Waals surface area contributed by atoms with E-state index < -0.39 is 5.82 Å². The molecule has 0 aromatic heterocycles. The molecule has 0 radical (unpaired) electrons. The molecule has 0 heterocycles. The minimum absolute atomic E-state index is 0.130. The van der Waals surface area contributed by atoms with Crippen LogP contribution in [0, 0.1) is 23.1 Å². The lowest BCUT2D eigenvalue weighted by Gasteiger charge is -2.23. The Labute approximate surface area is 119 Å². The molecule has 0 aliphatic rings. The minimum Gasteiger partial charge on any atom is -0.469 e. The Morgan fingerprint density at radius 2 is 2.26 bits per heavy atom. The maximum atomic E-state index is 14.1. The summed E-state index contributed by atoms with van der Waals surface area (Å²) >= 11 is 3.05. The summed E-state index contributed by atoms with van der Waals surface area (Å²) in [6, 6.07) is 4.94. The summed E-state index contributed by atoms with van der Waals surface area (Å²) in [7, 11) is 2.99. The van der Waals surface area contributed by atoms with Crippen LogP contribution in [-0.2, 0) is 9.53 Å². The third kappa shape index (κ3) is 3.44. The number of halogens is 2. The first-order valence-electron chi connectivity index (χ1n) is 5.59.